The quantitative estimate of drug-likeness (QED) is 0.686. The Labute approximate surface area is 162 Å². The second kappa shape index (κ2) is 7.24. The van der Waals surface area contributed by atoms with E-state index in [2.05, 4.69) is 35.9 Å². The minimum atomic E-state index is -0.504. The summed E-state index contributed by atoms with van der Waals surface area (Å²) in [5.74, 6) is 0.135. The summed E-state index contributed by atoms with van der Waals surface area (Å²) in [5, 5.41) is 2.95. The summed E-state index contributed by atoms with van der Waals surface area (Å²) in [6.07, 6.45) is 1.68. The second-order valence-corrected chi connectivity index (χ2v) is 7.12. The molecule has 140 valence electrons. The third kappa shape index (κ3) is 3.52. The Bertz CT molecular complexity index is 1040. The molecule has 1 aliphatic rings. The van der Waals surface area contributed by atoms with Crippen LogP contribution in [0.1, 0.15) is 5.69 Å². The standard InChI is InChI=1S/C18H17BrFN5O2/c1-11-13(10-21-18(22-11)24-4-6-27-7-5-24)15-9-17(26)25(23-15)16-3-2-12(19)8-14(16)20/h2-3,8-10,23H,4-7H2,1H3. The zero-order valence-electron chi connectivity index (χ0n) is 14.6. The summed E-state index contributed by atoms with van der Waals surface area (Å²) >= 11 is 3.21. The smallest absolute Gasteiger partial charge is 0.271 e. The number of anilines is 1. The number of nitrogens with one attached hydrogen (secondary N) is 1. The summed E-state index contributed by atoms with van der Waals surface area (Å²) in [6.45, 7) is 4.65. The summed E-state index contributed by atoms with van der Waals surface area (Å²) in [6, 6.07) is 5.94. The van der Waals surface area contributed by atoms with Crippen LogP contribution in [0.4, 0.5) is 10.3 Å². The van der Waals surface area contributed by atoms with Gasteiger partial charge in [0.05, 0.1) is 24.6 Å². The van der Waals surface area contributed by atoms with E-state index in [-0.39, 0.29) is 11.2 Å². The molecule has 0 saturated carbocycles. The van der Waals surface area contributed by atoms with Crippen molar-refractivity contribution < 1.29 is 9.13 Å². The highest BCUT2D eigenvalue weighted by Gasteiger charge is 2.17. The first-order valence-electron chi connectivity index (χ1n) is 8.47. The van der Waals surface area contributed by atoms with Crippen molar-refractivity contribution in [1.82, 2.24) is 19.7 Å². The topological polar surface area (TPSA) is 76.0 Å². The van der Waals surface area contributed by atoms with Gasteiger partial charge in [-0.2, -0.15) is 0 Å². The fourth-order valence-corrected chi connectivity index (χ4v) is 3.34. The van der Waals surface area contributed by atoms with Crippen LogP contribution in [0.25, 0.3) is 16.9 Å². The predicted molar refractivity (Wildman–Crippen MR) is 103 cm³/mol. The van der Waals surface area contributed by atoms with Gasteiger partial charge in [0.15, 0.2) is 0 Å². The predicted octanol–water partition coefficient (Wildman–Crippen LogP) is 2.67. The van der Waals surface area contributed by atoms with Crippen molar-refractivity contribution in [3.05, 3.63) is 56.8 Å². The van der Waals surface area contributed by atoms with Gasteiger partial charge in [-0.15, -0.1) is 0 Å². The lowest BCUT2D eigenvalue weighted by Crippen LogP contribution is -2.37. The van der Waals surface area contributed by atoms with Crippen LogP contribution < -0.4 is 10.5 Å². The molecule has 4 rings (SSSR count). The van der Waals surface area contributed by atoms with E-state index in [0.29, 0.717) is 34.9 Å². The van der Waals surface area contributed by atoms with Gasteiger partial charge in [-0.05, 0) is 25.1 Å². The summed E-state index contributed by atoms with van der Waals surface area (Å²) in [7, 11) is 0. The number of benzene rings is 1. The van der Waals surface area contributed by atoms with Gasteiger partial charge in [0, 0.05) is 35.4 Å². The number of hydrogen-bond donors (Lipinski definition) is 1. The van der Waals surface area contributed by atoms with E-state index < -0.39 is 5.82 Å². The number of morpholine rings is 1. The minimum absolute atomic E-state index is 0.151. The first-order chi connectivity index (χ1) is 13.0. The largest absolute Gasteiger partial charge is 0.378 e. The third-order valence-electron chi connectivity index (χ3n) is 4.42. The molecule has 0 amide bonds. The van der Waals surface area contributed by atoms with E-state index in [0.717, 1.165) is 18.8 Å². The van der Waals surface area contributed by atoms with Crippen LogP contribution in [0.5, 0.6) is 0 Å². The van der Waals surface area contributed by atoms with Gasteiger partial charge in [0.2, 0.25) is 5.95 Å². The van der Waals surface area contributed by atoms with Gasteiger partial charge >= 0.3 is 0 Å². The van der Waals surface area contributed by atoms with Crippen LogP contribution in [0.3, 0.4) is 0 Å². The molecule has 1 saturated heterocycles. The van der Waals surface area contributed by atoms with Crippen LogP contribution in [0, 0.1) is 12.7 Å². The summed E-state index contributed by atoms with van der Waals surface area (Å²) in [4.78, 5) is 23.4. The Morgan fingerprint density at radius 3 is 2.74 bits per heavy atom. The number of halogens is 2. The van der Waals surface area contributed by atoms with E-state index in [9.17, 15) is 9.18 Å². The molecule has 3 heterocycles. The highest BCUT2D eigenvalue weighted by Crippen LogP contribution is 2.23. The molecule has 0 spiro atoms. The van der Waals surface area contributed by atoms with Crippen molar-refractivity contribution >= 4 is 21.9 Å². The second-order valence-electron chi connectivity index (χ2n) is 6.21. The number of H-pyrrole nitrogens is 1. The number of aromatic amines is 1. The summed E-state index contributed by atoms with van der Waals surface area (Å²) < 4.78 is 21.3. The Hall–Kier alpha value is -2.52. The van der Waals surface area contributed by atoms with Crippen LogP contribution in [0.15, 0.2) is 39.7 Å². The SMILES string of the molecule is Cc1nc(N2CCOCC2)ncc1-c1cc(=O)n(-c2ccc(Br)cc2F)[nH]1. The highest BCUT2D eigenvalue weighted by molar-refractivity contribution is 9.10. The number of ether oxygens (including phenoxy) is 1. The molecule has 9 heteroatoms. The van der Waals surface area contributed by atoms with E-state index >= 15 is 0 Å². The van der Waals surface area contributed by atoms with E-state index in [1.54, 1.807) is 12.3 Å². The summed E-state index contributed by atoms with van der Waals surface area (Å²) in [5.41, 5.74) is 1.76. The fourth-order valence-electron chi connectivity index (χ4n) is 3.01. The maximum Gasteiger partial charge on any atom is 0.271 e. The van der Waals surface area contributed by atoms with Crippen molar-refractivity contribution in [2.75, 3.05) is 31.2 Å². The molecular formula is C18H17BrFN5O2. The zero-order valence-corrected chi connectivity index (χ0v) is 16.2. The molecule has 0 radical (unpaired) electrons. The molecule has 0 bridgehead atoms. The van der Waals surface area contributed by atoms with E-state index in [1.165, 1.54) is 22.9 Å². The first kappa shape index (κ1) is 17.9. The van der Waals surface area contributed by atoms with Gasteiger partial charge in [-0.25, -0.2) is 19.0 Å². The number of rotatable bonds is 3. The maximum absolute atomic E-state index is 14.2. The molecule has 2 aromatic heterocycles. The Morgan fingerprint density at radius 2 is 2.04 bits per heavy atom. The number of aryl methyl sites for hydroxylation is 1. The minimum Gasteiger partial charge on any atom is -0.378 e. The Kier molecular flexibility index (Phi) is 4.79. The van der Waals surface area contributed by atoms with Crippen LogP contribution >= 0.6 is 15.9 Å². The van der Waals surface area contributed by atoms with Crippen LogP contribution in [-0.2, 0) is 4.74 Å². The number of hydrogen-bond acceptors (Lipinski definition) is 5. The average Bonchev–Trinajstić information content (AvgIpc) is 3.03. The molecule has 3 aromatic rings. The van der Waals surface area contributed by atoms with Gasteiger partial charge in [0.25, 0.3) is 5.56 Å². The lowest BCUT2D eigenvalue weighted by molar-refractivity contribution is 0.122. The van der Waals surface area contributed by atoms with Crippen molar-refractivity contribution in [2.24, 2.45) is 0 Å². The van der Waals surface area contributed by atoms with E-state index in [1.807, 2.05) is 6.92 Å². The lowest BCUT2D eigenvalue weighted by Gasteiger charge is -2.27. The number of aromatic nitrogens is 4. The fraction of sp³-hybridized carbons (Fsp3) is 0.278. The monoisotopic (exact) mass is 433 g/mol. The lowest BCUT2D eigenvalue weighted by atomic mass is 10.2. The molecule has 0 atom stereocenters. The normalized spacial score (nSPS) is 14.6. The molecule has 0 aliphatic carbocycles. The highest BCUT2D eigenvalue weighted by atomic mass is 79.9. The molecule has 1 fully saturated rings. The molecule has 0 unspecified atom stereocenters. The third-order valence-corrected chi connectivity index (χ3v) is 4.92. The van der Waals surface area contributed by atoms with Gasteiger partial charge in [0.1, 0.15) is 11.5 Å². The van der Waals surface area contributed by atoms with Crippen molar-refractivity contribution in [1.29, 1.82) is 0 Å². The van der Waals surface area contributed by atoms with Crippen LogP contribution in [0.2, 0.25) is 0 Å². The molecule has 7 nitrogen and oxygen atoms in total. The molecule has 1 N–H and O–H groups in total. The Morgan fingerprint density at radius 1 is 1.26 bits per heavy atom. The van der Waals surface area contributed by atoms with Crippen molar-refractivity contribution in [3.63, 3.8) is 0 Å². The van der Waals surface area contributed by atoms with Crippen molar-refractivity contribution in [3.8, 4) is 16.9 Å². The molecular weight excluding hydrogens is 417 g/mol. The molecule has 27 heavy (non-hydrogen) atoms. The zero-order chi connectivity index (χ0) is 19.0. The van der Waals surface area contributed by atoms with Crippen LogP contribution in [-0.4, -0.2) is 46.1 Å². The van der Waals surface area contributed by atoms with Gasteiger partial charge in [-0.3, -0.25) is 9.89 Å². The van der Waals surface area contributed by atoms with Gasteiger partial charge < -0.3 is 9.64 Å². The first-order valence-corrected chi connectivity index (χ1v) is 9.26. The molecule has 1 aliphatic heterocycles. The molecule has 1 aromatic carbocycles. The van der Waals surface area contributed by atoms with Crippen molar-refractivity contribution in [2.45, 2.75) is 6.92 Å². The maximum atomic E-state index is 14.2. The number of nitrogens with zero attached hydrogens (tertiary/aromatic N) is 4. The van der Waals surface area contributed by atoms with E-state index in [4.69, 9.17) is 4.74 Å². The Balaban J connectivity index is 1.69. The van der Waals surface area contributed by atoms with Gasteiger partial charge in [-0.1, -0.05) is 15.9 Å². The average molecular weight is 434 g/mol.